The number of aromatic amines is 2. The molecule has 10 heteroatoms. The maximum Gasteiger partial charge on any atom is 0.178 e. The quantitative estimate of drug-likeness (QED) is 0.396. The van der Waals surface area contributed by atoms with E-state index < -0.39 is 0 Å². The lowest BCUT2D eigenvalue weighted by atomic mass is 10.2. The molecule has 0 saturated carbocycles. The first-order valence-electron chi connectivity index (χ1n) is 9.87. The summed E-state index contributed by atoms with van der Waals surface area (Å²) in [7, 11) is 1.87. The number of carbonyl (C=O) groups excluding carboxylic acids is 1. The molecule has 6 aromatic rings. The van der Waals surface area contributed by atoms with Gasteiger partial charge in [-0.3, -0.25) is 14.6 Å². The molecule has 32 heavy (non-hydrogen) atoms. The van der Waals surface area contributed by atoms with Gasteiger partial charge < -0.3 is 4.98 Å². The number of nitrogens with zero attached hydrogens (tertiary/aromatic N) is 6. The van der Waals surface area contributed by atoms with Crippen molar-refractivity contribution < 1.29 is 4.79 Å². The molecular formula is C22H16N8OS. The molecule has 2 N–H and O–H groups in total. The van der Waals surface area contributed by atoms with Crippen molar-refractivity contribution in [2.24, 2.45) is 7.05 Å². The van der Waals surface area contributed by atoms with E-state index in [-0.39, 0.29) is 5.78 Å². The lowest BCUT2D eigenvalue weighted by Gasteiger charge is -1.98. The molecule has 0 atom stereocenters. The number of nitrogens with one attached hydrogen (secondary N) is 2. The number of Topliss-reactive ketones (excluding diaryl/α,β-unsaturated/α-hetero) is 1. The topological polar surface area (TPSA) is 118 Å². The van der Waals surface area contributed by atoms with Crippen LogP contribution in [0.2, 0.25) is 0 Å². The molecule has 0 fully saturated rings. The zero-order chi connectivity index (χ0) is 21.8. The number of aryl methyl sites for hydroxylation is 1. The van der Waals surface area contributed by atoms with Crippen LogP contribution in [0.25, 0.3) is 55.4 Å². The highest BCUT2D eigenvalue weighted by Crippen LogP contribution is 2.34. The number of rotatable bonds is 4. The summed E-state index contributed by atoms with van der Waals surface area (Å²) in [6.07, 6.45) is 5.42. The van der Waals surface area contributed by atoms with Crippen LogP contribution >= 0.6 is 11.3 Å². The second-order valence-corrected chi connectivity index (χ2v) is 8.51. The fourth-order valence-corrected chi connectivity index (χ4v) is 4.61. The maximum atomic E-state index is 11.7. The number of fused-ring (bicyclic) bond motifs is 2. The minimum atomic E-state index is 0.0512. The molecule has 156 valence electrons. The highest BCUT2D eigenvalue weighted by molar-refractivity contribution is 7.17. The van der Waals surface area contributed by atoms with Crippen LogP contribution in [0, 0.1) is 0 Å². The average Bonchev–Trinajstić information content (AvgIpc) is 3.56. The number of pyridine rings is 2. The lowest BCUT2D eigenvalue weighted by Crippen LogP contribution is -1.87. The van der Waals surface area contributed by atoms with E-state index in [0.717, 1.165) is 37.6 Å². The molecule has 6 rings (SSSR count). The van der Waals surface area contributed by atoms with Gasteiger partial charge in [0.2, 0.25) is 0 Å². The number of hydrogen-bond donors (Lipinski definition) is 2. The van der Waals surface area contributed by atoms with Crippen LogP contribution in [0.4, 0.5) is 0 Å². The van der Waals surface area contributed by atoms with E-state index in [2.05, 4.69) is 30.2 Å². The molecule has 9 nitrogen and oxygen atoms in total. The van der Waals surface area contributed by atoms with Crippen molar-refractivity contribution in [2.75, 3.05) is 0 Å². The van der Waals surface area contributed by atoms with E-state index in [1.807, 2.05) is 43.6 Å². The summed E-state index contributed by atoms with van der Waals surface area (Å²) in [5, 5.41) is 11.7. The molecule has 0 unspecified atom stereocenters. The molecule has 0 aromatic carbocycles. The lowest BCUT2D eigenvalue weighted by molar-refractivity contribution is 0.102. The molecule has 0 aliphatic heterocycles. The van der Waals surface area contributed by atoms with Crippen LogP contribution in [0.1, 0.15) is 16.6 Å². The van der Waals surface area contributed by atoms with E-state index in [1.54, 1.807) is 24.0 Å². The Balaban J connectivity index is 1.49. The summed E-state index contributed by atoms with van der Waals surface area (Å²) < 4.78 is 1.74. The largest absolute Gasteiger partial charge is 0.335 e. The van der Waals surface area contributed by atoms with E-state index in [9.17, 15) is 4.79 Å². The Morgan fingerprint density at radius 1 is 1.12 bits per heavy atom. The molecule has 0 bridgehead atoms. The number of ketones is 1. The smallest absolute Gasteiger partial charge is 0.178 e. The predicted octanol–water partition coefficient (Wildman–Crippen LogP) is 4.23. The summed E-state index contributed by atoms with van der Waals surface area (Å²) in [5.74, 6) is 0.626. The first-order valence-corrected chi connectivity index (χ1v) is 10.7. The second-order valence-electron chi connectivity index (χ2n) is 7.43. The number of carbonyl (C=O) groups is 1. The molecule has 0 radical (unpaired) electrons. The van der Waals surface area contributed by atoms with Gasteiger partial charge in [-0.05, 0) is 37.3 Å². The Labute approximate surface area is 185 Å². The van der Waals surface area contributed by atoms with Crippen LogP contribution in [0.5, 0.6) is 0 Å². The van der Waals surface area contributed by atoms with Gasteiger partial charge in [-0.2, -0.15) is 10.2 Å². The summed E-state index contributed by atoms with van der Waals surface area (Å²) in [6.45, 7) is 1.57. The van der Waals surface area contributed by atoms with Crippen molar-refractivity contribution in [3.8, 4) is 33.2 Å². The van der Waals surface area contributed by atoms with E-state index in [0.29, 0.717) is 22.7 Å². The molecule has 0 aliphatic carbocycles. The van der Waals surface area contributed by atoms with Gasteiger partial charge in [0, 0.05) is 35.4 Å². The van der Waals surface area contributed by atoms with Crippen molar-refractivity contribution in [1.29, 1.82) is 0 Å². The van der Waals surface area contributed by atoms with Gasteiger partial charge in [0.1, 0.15) is 5.52 Å². The normalized spacial score (nSPS) is 11.6. The van der Waals surface area contributed by atoms with Crippen molar-refractivity contribution in [2.45, 2.75) is 6.92 Å². The third-order valence-corrected chi connectivity index (χ3v) is 6.46. The van der Waals surface area contributed by atoms with E-state index in [1.165, 1.54) is 11.3 Å². The maximum absolute atomic E-state index is 11.7. The van der Waals surface area contributed by atoms with Gasteiger partial charge in [0.25, 0.3) is 0 Å². The Kier molecular flexibility index (Phi) is 4.02. The van der Waals surface area contributed by atoms with Crippen LogP contribution in [-0.4, -0.2) is 45.7 Å². The molecule has 0 aliphatic rings. The van der Waals surface area contributed by atoms with Gasteiger partial charge in [-0.1, -0.05) is 0 Å². The minimum Gasteiger partial charge on any atom is -0.335 e. The summed E-state index contributed by atoms with van der Waals surface area (Å²) in [4.78, 5) is 30.7. The van der Waals surface area contributed by atoms with Crippen LogP contribution in [-0.2, 0) is 7.05 Å². The van der Waals surface area contributed by atoms with Crippen LogP contribution in [0.15, 0.2) is 48.9 Å². The zero-order valence-corrected chi connectivity index (χ0v) is 17.9. The molecule has 6 aromatic heterocycles. The molecule has 0 saturated heterocycles. The van der Waals surface area contributed by atoms with Crippen molar-refractivity contribution in [3.63, 3.8) is 0 Å². The van der Waals surface area contributed by atoms with Gasteiger partial charge in [0.05, 0.1) is 27.8 Å². The second kappa shape index (κ2) is 6.92. The third kappa shape index (κ3) is 2.92. The number of thiophene rings is 1. The van der Waals surface area contributed by atoms with Gasteiger partial charge in [-0.15, -0.1) is 11.3 Å². The SMILES string of the molecule is CC(=O)c1ccc(-c2ccnc3nc(-c4n[nH]c5ccc(-c6cnn(C)c6)nc45)[nH]c23)s1. The standard InChI is InChI=1S/C22H16N8OS/c1-11(31)16-5-6-17(32-16)13-7-8-23-21-18(13)26-22(27-21)20-19-15(28-29-20)4-3-14(25-19)12-9-24-30(2)10-12/h3-10H,1-2H3,(H,28,29)(H,23,26,27). The average molecular weight is 440 g/mol. The van der Waals surface area contributed by atoms with E-state index >= 15 is 0 Å². The molecule has 0 spiro atoms. The van der Waals surface area contributed by atoms with Crippen LogP contribution < -0.4 is 0 Å². The van der Waals surface area contributed by atoms with E-state index in [4.69, 9.17) is 4.98 Å². The highest BCUT2D eigenvalue weighted by Gasteiger charge is 2.18. The van der Waals surface area contributed by atoms with Crippen molar-refractivity contribution in [1.82, 2.24) is 39.9 Å². The van der Waals surface area contributed by atoms with Crippen molar-refractivity contribution in [3.05, 3.63) is 53.8 Å². The molecular weight excluding hydrogens is 424 g/mol. The monoisotopic (exact) mass is 440 g/mol. The predicted molar refractivity (Wildman–Crippen MR) is 122 cm³/mol. The fraction of sp³-hybridized carbons (Fsp3) is 0.0909. The highest BCUT2D eigenvalue weighted by atomic mass is 32.1. The Morgan fingerprint density at radius 3 is 2.81 bits per heavy atom. The third-order valence-electron chi connectivity index (χ3n) is 5.24. The van der Waals surface area contributed by atoms with Gasteiger partial charge >= 0.3 is 0 Å². The minimum absolute atomic E-state index is 0.0512. The first-order chi connectivity index (χ1) is 15.6. The number of H-pyrrole nitrogens is 2. The number of imidazole rings is 1. The summed E-state index contributed by atoms with van der Waals surface area (Å²) >= 11 is 1.45. The number of aromatic nitrogens is 8. The Bertz CT molecular complexity index is 1640. The van der Waals surface area contributed by atoms with Crippen LogP contribution in [0.3, 0.4) is 0 Å². The van der Waals surface area contributed by atoms with Crippen molar-refractivity contribution >= 4 is 39.3 Å². The summed E-state index contributed by atoms with van der Waals surface area (Å²) in [5.41, 5.74) is 6.18. The molecule has 0 amide bonds. The van der Waals surface area contributed by atoms with Gasteiger partial charge in [-0.25, -0.2) is 15.0 Å². The Morgan fingerprint density at radius 2 is 2.03 bits per heavy atom. The molecule has 6 heterocycles. The summed E-state index contributed by atoms with van der Waals surface area (Å²) in [6, 6.07) is 9.59. The zero-order valence-electron chi connectivity index (χ0n) is 17.1. The number of hydrogen-bond acceptors (Lipinski definition) is 7. The van der Waals surface area contributed by atoms with Gasteiger partial charge in [0.15, 0.2) is 22.9 Å². The first kappa shape index (κ1) is 18.6. The Hall–Kier alpha value is -4.18. The fourth-order valence-electron chi connectivity index (χ4n) is 3.68.